The first-order valence-corrected chi connectivity index (χ1v) is 19.7. The van der Waals surface area contributed by atoms with Crippen LogP contribution in [0.1, 0.15) is 46.3 Å². The predicted octanol–water partition coefficient (Wildman–Crippen LogP) is 6.15. The summed E-state index contributed by atoms with van der Waals surface area (Å²) in [7, 11) is -3.78. The summed E-state index contributed by atoms with van der Waals surface area (Å²) in [5.74, 6) is -2.81. The van der Waals surface area contributed by atoms with Crippen LogP contribution in [0.15, 0.2) is 108 Å². The van der Waals surface area contributed by atoms with Crippen LogP contribution in [0.5, 0.6) is 0 Å². The fraction of sp³-hybridized carbons (Fsp3) is 0.293. The number of nitrogens with zero attached hydrogens (tertiary/aromatic N) is 2. The van der Waals surface area contributed by atoms with Gasteiger partial charge < -0.3 is 25.2 Å². The molecule has 2 heterocycles. The summed E-state index contributed by atoms with van der Waals surface area (Å²) >= 11 is 0. The van der Waals surface area contributed by atoms with Gasteiger partial charge in [0, 0.05) is 55.3 Å². The van der Waals surface area contributed by atoms with Gasteiger partial charge in [-0.25, -0.2) is 18.4 Å². The third kappa shape index (κ3) is 12.0. The highest BCUT2D eigenvalue weighted by Gasteiger charge is 2.38. The maximum Gasteiger partial charge on any atom is 0.490 e. The lowest BCUT2D eigenvalue weighted by molar-refractivity contribution is -0.192. The van der Waals surface area contributed by atoms with E-state index in [2.05, 4.69) is 27.3 Å². The number of amides is 2. The van der Waals surface area contributed by atoms with Crippen LogP contribution < -0.4 is 10.5 Å². The summed E-state index contributed by atoms with van der Waals surface area (Å²) in [6.07, 6.45) is 0.849. The fourth-order valence-electron chi connectivity index (χ4n) is 6.49. The molecule has 1 aromatic heterocycles. The molecule has 0 aliphatic carbocycles. The number of hydrogen-bond acceptors (Lipinski definition) is 6. The number of nitrogens with two attached hydrogens (primary N) is 1. The van der Waals surface area contributed by atoms with Crippen molar-refractivity contribution in [3.63, 3.8) is 0 Å². The number of nitrogens with one attached hydrogen (secondary N) is 2. The number of alkyl halides is 3. The standard InChI is InChI=1S/C39H43N5O4S.C2HF3O2/c40-49(47,48)35-16-13-29(14-17-35)19-23-44(38(45)18-15-34-27-42-37-12-2-1-11-36(34)37)28-30-7-5-8-31(25-30)32-9-6-10-33(26-32)39(46)41-20-24-43-21-3-4-22-43;3-2(4,5)1(6)7/h1-2,5-14,16-17,25-27,42H,3-4,15,18-24,28H2,(H,41,46)(H2,40,47,48);(H,6,7). The molecule has 0 spiro atoms. The second kappa shape index (κ2) is 18.9. The minimum atomic E-state index is -5.08. The third-order valence-corrected chi connectivity index (χ3v) is 10.4. The van der Waals surface area contributed by atoms with Gasteiger partial charge in [-0.1, -0.05) is 60.7 Å². The number of carboxylic acid groups (broad SMARTS) is 1. The number of carbonyl (C=O) groups is 3. The highest BCUT2D eigenvalue weighted by Crippen LogP contribution is 2.24. The summed E-state index contributed by atoms with van der Waals surface area (Å²) in [4.78, 5) is 43.2. The Morgan fingerprint density at radius 3 is 2.20 bits per heavy atom. The van der Waals surface area contributed by atoms with Crippen molar-refractivity contribution < 1.29 is 41.1 Å². The molecule has 4 aromatic carbocycles. The summed E-state index contributed by atoms with van der Waals surface area (Å²) < 4.78 is 55.2. The van der Waals surface area contributed by atoms with Gasteiger partial charge in [0.1, 0.15) is 0 Å². The smallest absolute Gasteiger partial charge is 0.475 e. The molecule has 0 unspecified atom stereocenters. The lowest BCUT2D eigenvalue weighted by Crippen LogP contribution is -2.33. The van der Waals surface area contributed by atoms with Crippen molar-refractivity contribution in [2.45, 2.75) is 49.7 Å². The number of H-pyrrole nitrogens is 1. The molecule has 5 aromatic rings. The van der Waals surface area contributed by atoms with E-state index in [1.54, 1.807) is 12.1 Å². The molecule has 5 N–H and O–H groups in total. The number of halogens is 3. The predicted molar refractivity (Wildman–Crippen MR) is 207 cm³/mol. The molecular formula is C41H44F3N5O6S. The molecule has 0 atom stereocenters. The van der Waals surface area contributed by atoms with Gasteiger partial charge in [-0.15, -0.1) is 0 Å². The van der Waals surface area contributed by atoms with Crippen molar-refractivity contribution in [3.8, 4) is 11.1 Å². The van der Waals surface area contributed by atoms with Crippen molar-refractivity contribution in [1.82, 2.24) is 20.1 Å². The largest absolute Gasteiger partial charge is 0.490 e. The van der Waals surface area contributed by atoms with Gasteiger partial charge in [0.05, 0.1) is 4.90 Å². The maximum atomic E-state index is 13.8. The molecule has 15 heteroatoms. The number of para-hydroxylation sites is 1. The first-order chi connectivity index (χ1) is 26.7. The molecule has 1 aliphatic rings. The summed E-state index contributed by atoms with van der Waals surface area (Å²) in [5, 5.41) is 16.6. The minimum Gasteiger partial charge on any atom is -0.475 e. The topological polar surface area (TPSA) is 166 Å². The van der Waals surface area contributed by atoms with E-state index in [4.69, 9.17) is 15.0 Å². The van der Waals surface area contributed by atoms with Gasteiger partial charge in [0.25, 0.3) is 5.91 Å². The number of carboxylic acids is 1. The van der Waals surface area contributed by atoms with E-state index in [0.29, 0.717) is 44.5 Å². The van der Waals surface area contributed by atoms with Crippen molar-refractivity contribution in [1.29, 1.82) is 0 Å². The molecule has 0 saturated carbocycles. The van der Waals surface area contributed by atoms with Crippen LogP contribution in [0.4, 0.5) is 13.2 Å². The molecule has 1 fully saturated rings. The SMILES string of the molecule is NS(=O)(=O)c1ccc(CCN(Cc2cccc(-c3cccc(C(=O)NCCN4CCCC4)c3)c2)C(=O)CCc2c[nH]c3ccccc23)cc1.O=C(O)C(F)(F)F. The average molecular weight is 792 g/mol. The zero-order valence-corrected chi connectivity index (χ0v) is 31.4. The molecule has 6 rings (SSSR count). The number of aryl methyl sites for hydroxylation is 1. The number of aromatic amines is 1. The van der Waals surface area contributed by atoms with Crippen LogP contribution in [0.25, 0.3) is 22.0 Å². The van der Waals surface area contributed by atoms with E-state index in [1.165, 1.54) is 25.0 Å². The fourth-order valence-corrected chi connectivity index (χ4v) is 7.00. The second-order valence-electron chi connectivity index (χ2n) is 13.5. The molecule has 1 aliphatic heterocycles. The number of likely N-dealkylation sites (tertiary alicyclic amines) is 1. The number of aromatic nitrogens is 1. The lowest BCUT2D eigenvalue weighted by Gasteiger charge is -2.23. The average Bonchev–Trinajstić information content (AvgIpc) is 3.86. The number of benzene rings is 4. The first-order valence-electron chi connectivity index (χ1n) is 18.1. The molecule has 2 amide bonds. The number of aliphatic carboxylic acids is 1. The Morgan fingerprint density at radius 2 is 1.52 bits per heavy atom. The van der Waals surface area contributed by atoms with Crippen molar-refractivity contribution in [2.75, 3.05) is 32.7 Å². The number of rotatable bonds is 14. The zero-order valence-electron chi connectivity index (χ0n) is 30.6. The van der Waals surface area contributed by atoms with Gasteiger partial charge in [-0.05, 0) is 103 Å². The van der Waals surface area contributed by atoms with E-state index in [1.807, 2.05) is 71.8 Å². The number of fused-ring (bicyclic) bond motifs is 1. The highest BCUT2D eigenvalue weighted by molar-refractivity contribution is 7.89. The first kappa shape index (κ1) is 41.6. The van der Waals surface area contributed by atoms with Gasteiger partial charge in [-0.3, -0.25) is 9.59 Å². The van der Waals surface area contributed by atoms with E-state index in [-0.39, 0.29) is 16.7 Å². The third-order valence-electron chi connectivity index (χ3n) is 9.47. The van der Waals surface area contributed by atoms with Crippen molar-refractivity contribution >= 4 is 38.7 Å². The quantitative estimate of drug-likeness (QED) is 0.105. The van der Waals surface area contributed by atoms with Gasteiger partial charge in [0.2, 0.25) is 15.9 Å². The van der Waals surface area contributed by atoms with Gasteiger partial charge in [-0.2, -0.15) is 13.2 Å². The van der Waals surface area contributed by atoms with Crippen LogP contribution >= 0.6 is 0 Å². The van der Waals surface area contributed by atoms with Crippen molar-refractivity contribution in [3.05, 3.63) is 126 Å². The van der Waals surface area contributed by atoms with E-state index in [9.17, 15) is 31.2 Å². The molecule has 0 radical (unpaired) electrons. The Morgan fingerprint density at radius 1 is 0.857 bits per heavy atom. The second-order valence-corrected chi connectivity index (χ2v) is 15.1. The molecule has 56 heavy (non-hydrogen) atoms. The Balaban J connectivity index is 0.000000784. The van der Waals surface area contributed by atoms with Crippen LogP contribution in [-0.2, 0) is 39.0 Å². The lowest BCUT2D eigenvalue weighted by atomic mass is 10.0. The summed E-state index contributed by atoms with van der Waals surface area (Å²) in [6.45, 7) is 4.56. The molecule has 11 nitrogen and oxygen atoms in total. The van der Waals surface area contributed by atoms with E-state index >= 15 is 0 Å². The molecular weight excluding hydrogens is 748 g/mol. The highest BCUT2D eigenvalue weighted by atomic mass is 32.2. The van der Waals surface area contributed by atoms with Crippen LogP contribution in [-0.4, -0.2) is 85.0 Å². The monoisotopic (exact) mass is 791 g/mol. The molecule has 296 valence electrons. The molecule has 1 saturated heterocycles. The summed E-state index contributed by atoms with van der Waals surface area (Å²) in [5.41, 5.74) is 6.55. The van der Waals surface area contributed by atoms with Crippen LogP contribution in [0, 0.1) is 0 Å². The molecule has 0 bridgehead atoms. The Kier molecular flexibility index (Phi) is 14.0. The van der Waals surface area contributed by atoms with Crippen molar-refractivity contribution in [2.24, 2.45) is 5.14 Å². The van der Waals surface area contributed by atoms with E-state index in [0.717, 1.165) is 58.4 Å². The minimum absolute atomic E-state index is 0.0319. The zero-order chi connectivity index (χ0) is 40.3. The van der Waals surface area contributed by atoms with Crippen LogP contribution in [0.3, 0.4) is 0 Å². The number of primary sulfonamides is 1. The van der Waals surface area contributed by atoms with Gasteiger partial charge in [0.15, 0.2) is 0 Å². The number of hydrogen-bond donors (Lipinski definition) is 4. The Bertz CT molecular complexity index is 2240. The van der Waals surface area contributed by atoms with Crippen LogP contribution in [0.2, 0.25) is 0 Å². The number of sulfonamides is 1. The number of carbonyl (C=O) groups excluding carboxylic acids is 2. The van der Waals surface area contributed by atoms with E-state index < -0.39 is 22.2 Å². The van der Waals surface area contributed by atoms with Gasteiger partial charge >= 0.3 is 12.1 Å². The Hall–Kier alpha value is -5.51. The Labute approximate surface area is 323 Å². The summed E-state index contributed by atoms with van der Waals surface area (Å²) in [6, 6.07) is 30.3. The maximum absolute atomic E-state index is 13.8. The normalized spacial score (nSPS) is 13.2.